The summed E-state index contributed by atoms with van der Waals surface area (Å²) in [6.45, 7) is 8.34. The van der Waals surface area contributed by atoms with Gasteiger partial charge in [0.15, 0.2) is 8.38 Å². The van der Waals surface area contributed by atoms with Crippen molar-refractivity contribution in [1.29, 1.82) is 0 Å². The van der Waals surface area contributed by atoms with Gasteiger partial charge in [-0.05, 0) is 19.3 Å². The van der Waals surface area contributed by atoms with Gasteiger partial charge in [0.1, 0.15) is 0 Å². The lowest BCUT2D eigenvalue weighted by atomic mass is 10.4. The highest BCUT2D eigenvalue weighted by Crippen LogP contribution is 2.39. The summed E-state index contributed by atoms with van der Waals surface area (Å²) < 4.78 is 11.5. The zero-order chi connectivity index (χ0) is 15.6. The maximum absolute atomic E-state index is 5.77. The number of hydrogen-bond acceptors (Lipinski definition) is 2. The van der Waals surface area contributed by atoms with E-state index in [9.17, 15) is 0 Å². The minimum absolute atomic E-state index is 0.590. The lowest BCUT2D eigenvalue weighted by Crippen LogP contribution is -1.98. The van der Waals surface area contributed by atoms with E-state index in [1.54, 1.807) is 0 Å². The van der Waals surface area contributed by atoms with E-state index < -0.39 is 8.38 Å². The molecule has 1 rings (SSSR count). The Labute approximate surface area is 133 Å². The lowest BCUT2D eigenvalue weighted by Gasteiger charge is -2.16. The molecular formula is C18H33O2P. The molecule has 122 valence electrons. The number of rotatable bonds is 11. The molecule has 0 aromatic heterocycles. The van der Waals surface area contributed by atoms with Gasteiger partial charge >= 0.3 is 0 Å². The minimum atomic E-state index is -0.590. The van der Waals surface area contributed by atoms with Gasteiger partial charge in [-0.25, -0.2) is 0 Å². The molecule has 1 aromatic carbocycles. The van der Waals surface area contributed by atoms with E-state index in [1.165, 1.54) is 25.7 Å². The van der Waals surface area contributed by atoms with Gasteiger partial charge in [0.2, 0.25) is 0 Å². The third kappa shape index (κ3) is 15.8. The molecule has 0 unspecified atom stereocenters. The predicted molar refractivity (Wildman–Crippen MR) is 94.9 cm³/mol. The van der Waals surface area contributed by atoms with Crippen LogP contribution in [0.2, 0.25) is 0 Å². The van der Waals surface area contributed by atoms with Crippen molar-refractivity contribution in [3.63, 3.8) is 0 Å². The standard InChI is InChI=1S/C12H27O2P.C6H6/c1-4-7-10-13-15(12-9-6-3)14-11-8-5-2;1-2-4-6-5-3-1/h4-12H2,1-3H3;1-6H. The van der Waals surface area contributed by atoms with Crippen LogP contribution in [0.3, 0.4) is 0 Å². The van der Waals surface area contributed by atoms with Crippen molar-refractivity contribution in [3.8, 4) is 0 Å². The summed E-state index contributed by atoms with van der Waals surface area (Å²) in [4.78, 5) is 0. The van der Waals surface area contributed by atoms with Crippen LogP contribution < -0.4 is 0 Å². The maximum atomic E-state index is 5.77. The van der Waals surface area contributed by atoms with Crippen LogP contribution in [0.25, 0.3) is 0 Å². The molecule has 0 bridgehead atoms. The van der Waals surface area contributed by atoms with E-state index >= 15 is 0 Å². The topological polar surface area (TPSA) is 18.5 Å². The highest BCUT2D eigenvalue weighted by atomic mass is 31.2. The number of hydrogen-bond donors (Lipinski definition) is 0. The second-order valence-electron chi connectivity index (χ2n) is 4.94. The van der Waals surface area contributed by atoms with Gasteiger partial charge in [-0.15, -0.1) is 0 Å². The summed E-state index contributed by atoms with van der Waals surface area (Å²) in [5.74, 6) is 0. The van der Waals surface area contributed by atoms with Crippen LogP contribution in [0.15, 0.2) is 36.4 Å². The summed E-state index contributed by atoms with van der Waals surface area (Å²) >= 11 is 0. The Morgan fingerprint density at radius 3 is 1.33 bits per heavy atom. The normalized spacial score (nSPS) is 10.3. The molecule has 0 saturated heterocycles. The zero-order valence-corrected chi connectivity index (χ0v) is 15.0. The largest absolute Gasteiger partial charge is 0.334 e. The van der Waals surface area contributed by atoms with Gasteiger partial charge in [0, 0.05) is 6.16 Å². The molecule has 0 radical (unpaired) electrons. The van der Waals surface area contributed by atoms with Crippen molar-refractivity contribution in [2.75, 3.05) is 19.4 Å². The highest BCUT2D eigenvalue weighted by molar-refractivity contribution is 7.47. The Bertz CT molecular complexity index is 243. The van der Waals surface area contributed by atoms with Crippen LogP contribution >= 0.6 is 8.38 Å². The first-order chi connectivity index (χ1) is 10.3. The van der Waals surface area contributed by atoms with Gasteiger partial charge in [-0.2, -0.15) is 0 Å². The molecule has 0 fully saturated rings. The number of unbranched alkanes of at least 4 members (excludes halogenated alkanes) is 3. The van der Waals surface area contributed by atoms with Crippen molar-refractivity contribution in [3.05, 3.63) is 36.4 Å². The Kier molecular flexibility index (Phi) is 17.3. The second kappa shape index (κ2) is 17.6. The molecular weight excluding hydrogens is 279 g/mol. The first-order valence-corrected chi connectivity index (χ1v) is 9.74. The molecule has 3 heteroatoms. The summed E-state index contributed by atoms with van der Waals surface area (Å²) in [6, 6.07) is 12.0. The van der Waals surface area contributed by atoms with Crippen LogP contribution in [-0.4, -0.2) is 19.4 Å². The molecule has 0 aliphatic rings. The fourth-order valence-electron chi connectivity index (χ4n) is 1.46. The Balaban J connectivity index is 0.000000547. The fraction of sp³-hybridized carbons (Fsp3) is 0.667. The monoisotopic (exact) mass is 312 g/mol. The Morgan fingerprint density at radius 2 is 1.00 bits per heavy atom. The molecule has 1 aromatic rings. The summed E-state index contributed by atoms with van der Waals surface area (Å²) in [5, 5.41) is 0. The van der Waals surface area contributed by atoms with Crippen LogP contribution in [-0.2, 0) is 9.05 Å². The molecule has 0 aliphatic carbocycles. The van der Waals surface area contributed by atoms with E-state index in [0.717, 1.165) is 32.2 Å². The molecule has 2 nitrogen and oxygen atoms in total. The van der Waals surface area contributed by atoms with E-state index in [4.69, 9.17) is 9.05 Å². The van der Waals surface area contributed by atoms with Crippen molar-refractivity contribution in [1.82, 2.24) is 0 Å². The molecule has 0 aliphatic heterocycles. The fourth-order valence-corrected chi connectivity index (χ4v) is 3.03. The average Bonchev–Trinajstić information content (AvgIpc) is 2.54. The van der Waals surface area contributed by atoms with E-state index in [0.29, 0.717) is 0 Å². The summed E-state index contributed by atoms with van der Waals surface area (Å²) in [5.41, 5.74) is 0. The van der Waals surface area contributed by atoms with E-state index in [-0.39, 0.29) is 0 Å². The molecule has 0 N–H and O–H groups in total. The van der Waals surface area contributed by atoms with Crippen LogP contribution in [0.4, 0.5) is 0 Å². The van der Waals surface area contributed by atoms with Gasteiger partial charge in [-0.1, -0.05) is 76.4 Å². The van der Waals surface area contributed by atoms with Crippen molar-refractivity contribution >= 4 is 8.38 Å². The smallest absolute Gasteiger partial charge is 0.170 e. The van der Waals surface area contributed by atoms with Crippen LogP contribution in [0, 0.1) is 0 Å². The number of benzene rings is 1. The first kappa shape index (κ1) is 20.6. The predicted octanol–water partition coefficient (Wildman–Crippen LogP) is 6.42. The first-order valence-electron chi connectivity index (χ1n) is 8.38. The van der Waals surface area contributed by atoms with E-state index in [1.807, 2.05) is 36.4 Å². The van der Waals surface area contributed by atoms with Crippen molar-refractivity contribution < 1.29 is 9.05 Å². The molecule has 0 amide bonds. The van der Waals surface area contributed by atoms with Gasteiger partial charge < -0.3 is 9.05 Å². The van der Waals surface area contributed by atoms with Crippen LogP contribution in [0.1, 0.15) is 59.3 Å². The molecule has 0 atom stereocenters. The van der Waals surface area contributed by atoms with Gasteiger partial charge in [-0.3, -0.25) is 0 Å². The Hall–Kier alpha value is -0.430. The average molecular weight is 312 g/mol. The molecule has 0 heterocycles. The lowest BCUT2D eigenvalue weighted by molar-refractivity contribution is 0.242. The van der Waals surface area contributed by atoms with Crippen molar-refractivity contribution in [2.24, 2.45) is 0 Å². The van der Waals surface area contributed by atoms with Gasteiger partial charge in [0.05, 0.1) is 13.2 Å². The zero-order valence-electron chi connectivity index (χ0n) is 14.1. The summed E-state index contributed by atoms with van der Waals surface area (Å²) in [7, 11) is -0.590. The minimum Gasteiger partial charge on any atom is -0.334 e. The Morgan fingerprint density at radius 1 is 0.619 bits per heavy atom. The second-order valence-corrected chi connectivity index (χ2v) is 6.57. The van der Waals surface area contributed by atoms with Crippen LogP contribution in [0.5, 0.6) is 0 Å². The maximum Gasteiger partial charge on any atom is 0.170 e. The SMILES string of the molecule is CCCCOP(CCCC)OCCCC.c1ccccc1. The third-order valence-corrected chi connectivity index (χ3v) is 4.45. The van der Waals surface area contributed by atoms with Crippen molar-refractivity contribution in [2.45, 2.75) is 59.3 Å². The highest BCUT2D eigenvalue weighted by Gasteiger charge is 2.08. The quantitative estimate of drug-likeness (QED) is 0.347. The van der Waals surface area contributed by atoms with E-state index in [2.05, 4.69) is 20.8 Å². The molecule has 0 saturated carbocycles. The molecule has 0 spiro atoms. The molecule has 21 heavy (non-hydrogen) atoms. The van der Waals surface area contributed by atoms with Gasteiger partial charge in [0.25, 0.3) is 0 Å². The third-order valence-electron chi connectivity index (χ3n) is 2.83. The summed E-state index contributed by atoms with van der Waals surface area (Å²) in [6.07, 6.45) is 8.28.